The van der Waals surface area contributed by atoms with Crippen LogP contribution >= 0.6 is 0 Å². The Kier molecular flexibility index (Phi) is 1.82. The number of nitriles is 1. The predicted octanol–water partition coefficient (Wildman–Crippen LogP) is 3.60. The molecular formula is C15H20N2. The molecule has 4 aliphatic carbocycles. The molecule has 90 valence electrons. The fraction of sp³-hybridized carbons (Fsp3) is 0.667. The summed E-state index contributed by atoms with van der Waals surface area (Å²) >= 11 is 0. The van der Waals surface area contributed by atoms with Gasteiger partial charge in [-0.2, -0.15) is 5.26 Å². The summed E-state index contributed by atoms with van der Waals surface area (Å²) in [4.78, 5) is 3.12. The Morgan fingerprint density at radius 3 is 2.29 bits per heavy atom. The first-order valence-electron chi connectivity index (χ1n) is 6.87. The molecule has 4 fully saturated rings. The zero-order chi connectivity index (χ0) is 11.5. The van der Waals surface area contributed by atoms with Gasteiger partial charge in [0, 0.05) is 7.62 Å². The molecule has 2 heteroatoms. The van der Waals surface area contributed by atoms with Crippen molar-refractivity contribution in [3.8, 4) is 6.07 Å². The van der Waals surface area contributed by atoms with Crippen molar-refractivity contribution in [2.24, 2.45) is 17.8 Å². The van der Waals surface area contributed by atoms with Crippen LogP contribution in [0.1, 0.15) is 51.2 Å². The maximum atomic E-state index is 9.23. The smallest absolute Gasteiger partial charge is 0.121 e. The van der Waals surface area contributed by atoms with Crippen molar-refractivity contribution in [1.82, 2.24) is 4.98 Å². The van der Waals surface area contributed by atoms with Gasteiger partial charge in [0.05, 0.1) is 0 Å². The summed E-state index contributed by atoms with van der Waals surface area (Å²) in [6.45, 7) is 0. The van der Waals surface area contributed by atoms with Crippen molar-refractivity contribution in [1.29, 1.82) is 5.26 Å². The van der Waals surface area contributed by atoms with Crippen LogP contribution in [-0.2, 0) is 5.41 Å². The van der Waals surface area contributed by atoms with Crippen LogP contribution in [0.3, 0.4) is 0 Å². The number of aromatic nitrogens is 1. The molecule has 1 aromatic rings. The molecule has 4 aliphatic rings. The number of aromatic amines is 1. The zero-order valence-electron chi connectivity index (χ0n) is 10.1. The second kappa shape index (κ2) is 3.16. The molecule has 1 heterocycles. The lowest BCUT2D eigenvalue weighted by Crippen LogP contribution is -2.48. The Bertz CT molecular complexity index is 462. The van der Waals surface area contributed by atoms with Gasteiger partial charge >= 0.3 is 0 Å². The first-order valence-corrected chi connectivity index (χ1v) is 6.87. The minimum atomic E-state index is 0. The second-order valence-electron chi connectivity index (χ2n) is 6.58. The van der Waals surface area contributed by atoms with Crippen LogP contribution in [0.2, 0.25) is 0 Å². The monoisotopic (exact) mass is 228 g/mol. The van der Waals surface area contributed by atoms with Gasteiger partial charge in [0.2, 0.25) is 0 Å². The van der Waals surface area contributed by atoms with Crippen molar-refractivity contribution in [3.63, 3.8) is 0 Å². The van der Waals surface area contributed by atoms with E-state index in [1.54, 1.807) is 0 Å². The predicted molar refractivity (Wildman–Crippen MR) is 67.5 cm³/mol. The molecule has 4 bridgehead atoms. The lowest BCUT2D eigenvalue weighted by Gasteiger charge is -2.56. The van der Waals surface area contributed by atoms with Crippen LogP contribution in [0.25, 0.3) is 0 Å². The van der Waals surface area contributed by atoms with Crippen molar-refractivity contribution < 1.29 is 1.43 Å². The van der Waals surface area contributed by atoms with Crippen molar-refractivity contribution in [2.45, 2.75) is 43.9 Å². The van der Waals surface area contributed by atoms with Gasteiger partial charge in [0.15, 0.2) is 0 Å². The van der Waals surface area contributed by atoms with Crippen LogP contribution in [0.5, 0.6) is 0 Å². The van der Waals surface area contributed by atoms with E-state index in [2.05, 4.69) is 17.1 Å². The molecule has 0 amide bonds. The van der Waals surface area contributed by atoms with Gasteiger partial charge in [-0.25, -0.2) is 0 Å². The average Bonchev–Trinajstić information content (AvgIpc) is 2.75. The SMILES string of the molecule is N#Cc1[nH]ccc1C12CC3CC(CC(C3)C1)C2.[HH]. The third-order valence-corrected chi connectivity index (χ3v) is 5.47. The van der Waals surface area contributed by atoms with E-state index < -0.39 is 0 Å². The number of hydrogen-bond donors (Lipinski definition) is 1. The molecule has 2 nitrogen and oxygen atoms in total. The molecule has 1 aromatic heterocycles. The largest absolute Gasteiger partial charge is 0.353 e. The Balaban J connectivity index is 0.000001000. The lowest BCUT2D eigenvalue weighted by atomic mass is 9.48. The van der Waals surface area contributed by atoms with E-state index in [0.717, 1.165) is 23.4 Å². The van der Waals surface area contributed by atoms with Gasteiger partial charge in [-0.3, -0.25) is 0 Å². The zero-order valence-corrected chi connectivity index (χ0v) is 10.1. The third kappa shape index (κ3) is 1.26. The number of hydrogen-bond acceptors (Lipinski definition) is 1. The van der Waals surface area contributed by atoms with Gasteiger partial charge in [0.1, 0.15) is 11.8 Å². The topological polar surface area (TPSA) is 39.6 Å². The molecule has 0 radical (unpaired) electrons. The standard InChI is InChI=1S/C15H18N2.H2/c16-9-14-13(1-2-17-14)15-6-10-3-11(7-15)5-12(4-10)8-15;/h1-2,10-12,17H,3-8H2;1H. The first kappa shape index (κ1) is 9.76. The molecule has 0 aliphatic heterocycles. The molecule has 17 heavy (non-hydrogen) atoms. The van der Waals surface area contributed by atoms with Gasteiger partial charge in [-0.05, 0) is 73.3 Å². The van der Waals surface area contributed by atoms with E-state index in [1.165, 1.54) is 44.1 Å². The number of nitrogens with zero attached hydrogens (tertiary/aromatic N) is 1. The molecular weight excluding hydrogens is 208 g/mol. The van der Waals surface area contributed by atoms with E-state index >= 15 is 0 Å². The number of rotatable bonds is 1. The summed E-state index contributed by atoms with van der Waals surface area (Å²) in [5, 5.41) is 9.23. The highest BCUT2D eigenvalue weighted by atomic mass is 14.7. The van der Waals surface area contributed by atoms with Crippen molar-refractivity contribution >= 4 is 0 Å². The highest BCUT2D eigenvalue weighted by Gasteiger charge is 2.52. The third-order valence-electron chi connectivity index (χ3n) is 5.47. The maximum absolute atomic E-state index is 9.23. The molecule has 4 saturated carbocycles. The highest BCUT2D eigenvalue weighted by Crippen LogP contribution is 2.61. The molecule has 1 N–H and O–H groups in total. The van der Waals surface area contributed by atoms with E-state index in [-0.39, 0.29) is 1.43 Å². The van der Waals surface area contributed by atoms with E-state index in [1.807, 2.05) is 6.20 Å². The molecule has 0 atom stereocenters. The summed E-state index contributed by atoms with van der Waals surface area (Å²) in [5.41, 5.74) is 2.52. The Morgan fingerprint density at radius 2 is 1.76 bits per heavy atom. The molecule has 5 rings (SSSR count). The van der Waals surface area contributed by atoms with E-state index in [0.29, 0.717) is 5.41 Å². The van der Waals surface area contributed by atoms with Gasteiger partial charge in [-0.1, -0.05) is 0 Å². The quantitative estimate of drug-likeness (QED) is 0.783. The summed E-state index contributed by atoms with van der Waals surface area (Å²) in [5.74, 6) is 2.84. The van der Waals surface area contributed by atoms with Gasteiger partial charge in [0.25, 0.3) is 0 Å². The fourth-order valence-corrected chi connectivity index (χ4v) is 5.34. The molecule has 0 spiro atoms. The van der Waals surface area contributed by atoms with Crippen LogP contribution in [0.4, 0.5) is 0 Å². The molecule has 0 unspecified atom stereocenters. The van der Waals surface area contributed by atoms with E-state index in [4.69, 9.17) is 0 Å². The average molecular weight is 228 g/mol. The Labute approximate surface area is 104 Å². The molecule has 0 aromatic carbocycles. The van der Waals surface area contributed by atoms with Crippen LogP contribution in [-0.4, -0.2) is 4.98 Å². The second-order valence-corrected chi connectivity index (χ2v) is 6.58. The minimum absolute atomic E-state index is 0. The fourth-order valence-electron chi connectivity index (χ4n) is 5.34. The van der Waals surface area contributed by atoms with E-state index in [9.17, 15) is 5.26 Å². The Hall–Kier alpha value is -1.23. The Morgan fingerprint density at radius 1 is 1.18 bits per heavy atom. The number of H-pyrrole nitrogens is 1. The highest BCUT2D eigenvalue weighted by molar-refractivity contribution is 5.39. The summed E-state index contributed by atoms with van der Waals surface area (Å²) in [7, 11) is 0. The van der Waals surface area contributed by atoms with Crippen molar-refractivity contribution in [2.75, 3.05) is 0 Å². The first-order chi connectivity index (χ1) is 8.29. The summed E-state index contributed by atoms with van der Waals surface area (Å²) in [6, 6.07) is 4.52. The van der Waals surface area contributed by atoms with Crippen molar-refractivity contribution in [3.05, 3.63) is 23.5 Å². The normalized spacial score (nSPS) is 42.6. The van der Waals surface area contributed by atoms with Crippen LogP contribution < -0.4 is 0 Å². The number of nitrogens with one attached hydrogen (secondary N) is 1. The molecule has 0 saturated heterocycles. The van der Waals surface area contributed by atoms with Gasteiger partial charge in [-0.15, -0.1) is 0 Å². The minimum Gasteiger partial charge on any atom is -0.353 e. The lowest BCUT2D eigenvalue weighted by molar-refractivity contribution is -0.00524. The summed E-state index contributed by atoms with van der Waals surface area (Å²) < 4.78 is 0. The van der Waals surface area contributed by atoms with Crippen LogP contribution in [0.15, 0.2) is 12.3 Å². The maximum Gasteiger partial charge on any atom is 0.121 e. The van der Waals surface area contributed by atoms with Crippen LogP contribution in [0, 0.1) is 29.1 Å². The van der Waals surface area contributed by atoms with Gasteiger partial charge < -0.3 is 4.98 Å². The summed E-state index contributed by atoms with van der Waals surface area (Å²) in [6.07, 6.45) is 10.4.